The fourth-order valence-corrected chi connectivity index (χ4v) is 1.59. The Morgan fingerprint density at radius 1 is 1.25 bits per heavy atom. The van der Waals surface area contributed by atoms with Crippen LogP contribution >= 0.6 is 0 Å². The minimum Gasteiger partial charge on any atom is -0.486 e. The van der Waals surface area contributed by atoms with Crippen molar-refractivity contribution in [3.8, 4) is 11.8 Å². The normalized spacial score (nSPS) is 9.80. The second-order valence-electron chi connectivity index (χ2n) is 4.05. The summed E-state index contributed by atoms with van der Waals surface area (Å²) in [5.41, 5.74) is 1.18. The molecule has 0 heterocycles. The van der Waals surface area contributed by atoms with Crippen LogP contribution in [-0.2, 0) is 6.61 Å². The lowest BCUT2D eigenvalue weighted by molar-refractivity contribution is 0.0696. The molecule has 0 aliphatic carbocycles. The molecule has 1 N–H and O–H groups in total. The summed E-state index contributed by atoms with van der Waals surface area (Å²) in [7, 11) is 0. The van der Waals surface area contributed by atoms with E-state index in [1.165, 1.54) is 12.1 Å². The van der Waals surface area contributed by atoms with Gasteiger partial charge in [-0.25, -0.2) is 9.18 Å². The van der Waals surface area contributed by atoms with E-state index in [0.717, 1.165) is 11.6 Å². The second kappa shape index (κ2) is 5.85. The molecule has 0 bridgehead atoms. The average molecular weight is 271 g/mol. The first-order chi connectivity index (χ1) is 9.60. The highest BCUT2D eigenvalue weighted by atomic mass is 19.1. The van der Waals surface area contributed by atoms with E-state index in [2.05, 4.69) is 0 Å². The van der Waals surface area contributed by atoms with Gasteiger partial charge in [0.05, 0.1) is 17.2 Å². The summed E-state index contributed by atoms with van der Waals surface area (Å²) in [6, 6.07) is 12.2. The highest BCUT2D eigenvalue weighted by Crippen LogP contribution is 2.19. The molecule has 0 amide bonds. The molecule has 100 valence electrons. The Kier molecular flexibility index (Phi) is 3.96. The van der Waals surface area contributed by atoms with Crippen molar-refractivity contribution in [2.24, 2.45) is 0 Å². The fourth-order valence-electron chi connectivity index (χ4n) is 1.59. The zero-order chi connectivity index (χ0) is 14.5. The molecule has 0 spiro atoms. The number of carbonyl (C=O) groups is 1. The number of aromatic carboxylic acids is 1. The summed E-state index contributed by atoms with van der Waals surface area (Å²) in [6.45, 7) is 0.134. The number of halogens is 1. The van der Waals surface area contributed by atoms with Crippen molar-refractivity contribution in [2.45, 2.75) is 6.61 Å². The fraction of sp³-hybridized carbons (Fsp3) is 0.0667. The molecule has 2 rings (SSSR count). The molecule has 0 saturated heterocycles. The number of rotatable bonds is 4. The van der Waals surface area contributed by atoms with Crippen molar-refractivity contribution in [1.82, 2.24) is 0 Å². The lowest BCUT2D eigenvalue weighted by Crippen LogP contribution is -2.01. The number of hydrogen-bond acceptors (Lipinski definition) is 3. The number of carboxylic acids is 1. The van der Waals surface area contributed by atoms with Gasteiger partial charge in [0, 0.05) is 0 Å². The highest BCUT2D eigenvalue weighted by molar-refractivity contribution is 5.87. The van der Waals surface area contributed by atoms with E-state index in [-0.39, 0.29) is 17.9 Å². The number of hydrogen-bond donors (Lipinski definition) is 1. The van der Waals surface area contributed by atoms with Crippen molar-refractivity contribution >= 4 is 5.97 Å². The van der Waals surface area contributed by atoms with Crippen molar-refractivity contribution in [1.29, 1.82) is 5.26 Å². The van der Waals surface area contributed by atoms with Gasteiger partial charge in [-0.05, 0) is 35.9 Å². The Balaban J connectivity index is 2.07. The zero-order valence-corrected chi connectivity index (χ0v) is 10.3. The predicted octanol–water partition coefficient (Wildman–Crippen LogP) is 2.97. The van der Waals surface area contributed by atoms with Gasteiger partial charge in [0.1, 0.15) is 6.61 Å². The Morgan fingerprint density at radius 2 is 1.95 bits per heavy atom. The summed E-state index contributed by atoms with van der Waals surface area (Å²) >= 11 is 0. The van der Waals surface area contributed by atoms with Gasteiger partial charge in [-0.2, -0.15) is 5.26 Å². The molecule has 0 saturated carbocycles. The van der Waals surface area contributed by atoms with Crippen LogP contribution in [0.25, 0.3) is 0 Å². The molecule has 0 radical (unpaired) electrons. The van der Waals surface area contributed by atoms with Crippen LogP contribution < -0.4 is 4.74 Å². The summed E-state index contributed by atoms with van der Waals surface area (Å²) in [5, 5.41) is 17.4. The standard InChI is InChI=1S/C15H10FNO3/c16-13-7-12(15(18)19)5-6-14(13)20-9-11-3-1-10(8-17)2-4-11/h1-7H,9H2,(H,18,19). The molecule has 20 heavy (non-hydrogen) atoms. The molecule has 2 aromatic rings. The number of benzene rings is 2. The van der Waals surface area contributed by atoms with Gasteiger partial charge < -0.3 is 9.84 Å². The number of carboxylic acid groups (broad SMARTS) is 1. The van der Waals surface area contributed by atoms with Gasteiger partial charge in [-0.3, -0.25) is 0 Å². The average Bonchev–Trinajstić information content (AvgIpc) is 2.46. The van der Waals surface area contributed by atoms with Crippen molar-refractivity contribution in [3.63, 3.8) is 0 Å². The molecule has 2 aromatic carbocycles. The molecule has 0 aliphatic rings. The van der Waals surface area contributed by atoms with Crippen molar-refractivity contribution < 1.29 is 19.0 Å². The second-order valence-corrected chi connectivity index (χ2v) is 4.05. The van der Waals surface area contributed by atoms with Gasteiger partial charge >= 0.3 is 5.97 Å². The highest BCUT2D eigenvalue weighted by Gasteiger charge is 2.09. The lowest BCUT2D eigenvalue weighted by Gasteiger charge is -2.08. The van der Waals surface area contributed by atoms with Crippen LogP contribution in [0.15, 0.2) is 42.5 Å². The monoisotopic (exact) mass is 271 g/mol. The van der Waals surface area contributed by atoms with Crippen LogP contribution in [0.1, 0.15) is 21.5 Å². The number of nitrogens with zero attached hydrogens (tertiary/aromatic N) is 1. The third kappa shape index (κ3) is 3.12. The first-order valence-electron chi connectivity index (χ1n) is 5.75. The third-order valence-corrected chi connectivity index (χ3v) is 2.66. The molecule has 5 heteroatoms. The van der Waals surface area contributed by atoms with E-state index >= 15 is 0 Å². The van der Waals surface area contributed by atoms with E-state index in [1.54, 1.807) is 24.3 Å². The SMILES string of the molecule is N#Cc1ccc(COc2ccc(C(=O)O)cc2F)cc1. The van der Waals surface area contributed by atoms with E-state index in [0.29, 0.717) is 5.56 Å². The molecule has 0 aromatic heterocycles. The maximum absolute atomic E-state index is 13.6. The zero-order valence-electron chi connectivity index (χ0n) is 10.3. The molecule has 4 nitrogen and oxygen atoms in total. The third-order valence-electron chi connectivity index (χ3n) is 2.66. The maximum Gasteiger partial charge on any atom is 0.335 e. The largest absolute Gasteiger partial charge is 0.486 e. The van der Waals surface area contributed by atoms with Crippen LogP contribution in [0.3, 0.4) is 0 Å². The summed E-state index contributed by atoms with van der Waals surface area (Å²) in [4.78, 5) is 10.7. The predicted molar refractivity (Wildman–Crippen MR) is 68.8 cm³/mol. The molecule has 0 unspecified atom stereocenters. The minimum atomic E-state index is -1.19. The van der Waals surface area contributed by atoms with Gasteiger partial charge in [0.25, 0.3) is 0 Å². The van der Waals surface area contributed by atoms with Crippen LogP contribution in [0.2, 0.25) is 0 Å². The topological polar surface area (TPSA) is 70.3 Å². The summed E-state index contributed by atoms with van der Waals surface area (Å²) in [6.07, 6.45) is 0. The van der Waals surface area contributed by atoms with Crippen molar-refractivity contribution in [2.75, 3.05) is 0 Å². The van der Waals surface area contributed by atoms with E-state index in [1.807, 2.05) is 6.07 Å². The molecular weight excluding hydrogens is 261 g/mol. The van der Waals surface area contributed by atoms with Gasteiger partial charge in [0.15, 0.2) is 11.6 Å². The smallest absolute Gasteiger partial charge is 0.335 e. The van der Waals surface area contributed by atoms with Gasteiger partial charge in [0.2, 0.25) is 0 Å². The van der Waals surface area contributed by atoms with Crippen LogP contribution in [-0.4, -0.2) is 11.1 Å². The maximum atomic E-state index is 13.6. The Morgan fingerprint density at radius 3 is 2.50 bits per heavy atom. The number of nitriles is 1. The van der Waals surface area contributed by atoms with E-state index in [9.17, 15) is 9.18 Å². The number of ether oxygens (including phenoxy) is 1. The van der Waals surface area contributed by atoms with Crippen LogP contribution in [0.5, 0.6) is 5.75 Å². The quantitative estimate of drug-likeness (QED) is 0.928. The Bertz CT molecular complexity index is 675. The first-order valence-corrected chi connectivity index (χ1v) is 5.75. The minimum absolute atomic E-state index is 0.0145. The van der Waals surface area contributed by atoms with E-state index in [4.69, 9.17) is 15.1 Å². The van der Waals surface area contributed by atoms with Gasteiger partial charge in [-0.1, -0.05) is 12.1 Å². The van der Waals surface area contributed by atoms with Crippen LogP contribution in [0, 0.1) is 17.1 Å². The van der Waals surface area contributed by atoms with Crippen molar-refractivity contribution in [3.05, 3.63) is 65.0 Å². The summed E-state index contributed by atoms with van der Waals surface area (Å²) in [5.74, 6) is -1.93. The Hall–Kier alpha value is -2.87. The first kappa shape index (κ1) is 13.6. The van der Waals surface area contributed by atoms with Gasteiger partial charge in [-0.15, -0.1) is 0 Å². The Labute approximate surface area is 114 Å². The van der Waals surface area contributed by atoms with E-state index < -0.39 is 11.8 Å². The molecular formula is C15H10FNO3. The molecule has 0 fully saturated rings. The lowest BCUT2D eigenvalue weighted by atomic mass is 10.1. The van der Waals surface area contributed by atoms with Crippen LogP contribution in [0.4, 0.5) is 4.39 Å². The molecule has 0 atom stereocenters. The molecule has 0 aliphatic heterocycles. The summed E-state index contributed by atoms with van der Waals surface area (Å²) < 4.78 is 18.9.